The number of carbonyl (C=O) groups is 1. The standard InChI is InChI=1S/C18H20N2O3S/c19-14-4-1-2-5-15(14)20-18(21)8-11-24-13-6-7-16-17(12-13)23-10-3-9-22-16/h1-2,4-7,12H,3,8-11,19H2,(H,20,21). The number of fused-ring (bicyclic) bond motifs is 1. The molecule has 1 heterocycles. The number of thioether (sulfide) groups is 1. The van der Waals surface area contributed by atoms with Gasteiger partial charge in [-0.2, -0.15) is 0 Å². The lowest BCUT2D eigenvalue weighted by Gasteiger charge is -2.10. The van der Waals surface area contributed by atoms with Crippen LogP contribution in [0, 0.1) is 0 Å². The zero-order valence-electron chi connectivity index (χ0n) is 13.3. The van der Waals surface area contributed by atoms with Gasteiger partial charge >= 0.3 is 0 Å². The average molecular weight is 344 g/mol. The van der Waals surface area contributed by atoms with Crippen molar-refractivity contribution >= 4 is 29.0 Å². The first-order valence-electron chi connectivity index (χ1n) is 7.89. The van der Waals surface area contributed by atoms with E-state index >= 15 is 0 Å². The summed E-state index contributed by atoms with van der Waals surface area (Å²) in [5.74, 6) is 2.20. The molecule has 2 aromatic carbocycles. The van der Waals surface area contributed by atoms with E-state index in [1.54, 1.807) is 23.9 Å². The van der Waals surface area contributed by atoms with Crippen LogP contribution in [0.3, 0.4) is 0 Å². The molecule has 0 spiro atoms. The molecular formula is C18H20N2O3S. The van der Waals surface area contributed by atoms with Crippen molar-refractivity contribution in [3.63, 3.8) is 0 Å². The summed E-state index contributed by atoms with van der Waals surface area (Å²) in [6.07, 6.45) is 1.30. The molecule has 0 saturated carbocycles. The lowest BCUT2D eigenvalue weighted by atomic mass is 10.2. The van der Waals surface area contributed by atoms with Crippen LogP contribution in [0.4, 0.5) is 11.4 Å². The minimum atomic E-state index is -0.0465. The molecule has 0 fully saturated rings. The highest BCUT2D eigenvalue weighted by atomic mass is 32.2. The molecule has 1 aliphatic heterocycles. The third kappa shape index (κ3) is 4.35. The summed E-state index contributed by atoms with van der Waals surface area (Å²) in [6, 6.07) is 13.1. The van der Waals surface area contributed by atoms with Crippen LogP contribution < -0.4 is 20.5 Å². The van der Waals surface area contributed by atoms with Crippen molar-refractivity contribution in [1.29, 1.82) is 0 Å². The summed E-state index contributed by atoms with van der Waals surface area (Å²) in [7, 11) is 0. The molecular weight excluding hydrogens is 324 g/mol. The van der Waals surface area contributed by atoms with Crippen LogP contribution in [-0.4, -0.2) is 24.9 Å². The van der Waals surface area contributed by atoms with Gasteiger partial charge in [0.1, 0.15) is 0 Å². The van der Waals surface area contributed by atoms with Gasteiger partial charge in [-0.25, -0.2) is 0 Å². The van der Waals surface area contributed by atoms with Gasteiger partial charge in [-0.05, 0) is 30.3 Å². The number of hydrogen-bond acceptors (Lipinski definition) is 5. The van der Waals surface area contributed by atoms with Gasteiger partial charge in [0.25, 0.3) is 0 Å². The fraction of sp³-hybridized carbons (Fsp3) is 0.278. The lowest BCUT2D eigenvalue weighted by Crippen LogP contribution is -2.13. The van der Waals surface area contributed by atoms with Crippen molar-refractivity contribution in [3.05, 3.63) is 42.5 Å². The Kier molecular flexibility index (Phi) is 5.48. The van der Waals surface area contributed by atoms with Crippen LogP contribution in [0.25, 0.3) is 0 Å². The van der Waals surface area contributed by atoms with Gasteiger partial charge in [-0.1, -0.05) is 12.1 Å². The number of nitrogens with one attached hydrogen (secondary N) is 1. The van der Waals surface area contributed by atoms with Gasteiger partial charge in [0.05, 0.1) is 24.6 Å². The van der Waals surface area contributed by atoms with Gasteiger partial charge in [0.15, 0.2) is 11.5 Å². The first-order valence-corrected chi connectivity index (χ1v) is 8.88. The first kappa shape index (κ1) is 16.5. The van der Waals surface area contributed by atoms with E-state index in [0.717, 1.165) is 22.8 Å². The maximum Gasteiger partial charge on any atom is 0.225 e. The monoisotopic (exact) mass is 344 g/mol. The molecule has 1 aliphatic rings. The number of ether oxygens (including phenoxy) is 2. The molecule has 0 aromatic heterocycles. The summed E-state index contributed by atoms with van der Waals surface area (Å²) in [5, 5.41) is 2.83. The Labute approximate surface area is 145 Å². The highest BCUT2D eigenvalue weighted by molar-refractivity contribution is 7.99. The second-order valence-electron chi connectivity index (χ2n) is 5.39. The summed E-state index contributed by atoms with van der Waals surface area (Å²) < 4.78 is 11.3. The molecule has 3 rings (SSSR count). The number of benzene rings is 2. The van der Waals surface area contributed by atoms with E-state index < -0.39 is 0 Å². The smallest absolute Gasteiger partial charge is 0.225 e. The highest BCUT2D eigenvalue weighted by Crippen LogP contribution is 2.34. The third-order valence-corrected chi connectivity index (χ3v) is 4.55. The fourth-order valence-electron chi connectivity index (χ4n) is 2.32. The van der Waals surface area contributed by atoms with E-state index in [1.807, 2.05) is 30.3 Å². The van der Waals surface area contributed by atoms with Gasteiger partial charge in [0.2, 0.25) is 5.91 Å². The predicted octanol–water partition coefficient (Wildman–Crippen LogP) is 3.55. The topological polar surface area (TPSA) is 73.6 Å². The maximum absolute atomic E-state index is 12.0. The summed E-state index contributed by atoms with van der Waals surface area (Å²) in [5.41, 5.74) is 7.05. The van der Waals surface area contributed by atoms with Crippen molar-refractivity contribution in [2.75, 3.05) is 30.0 Å². The predicted molar refractivity (Wildman–Crippen MR) is 96.9 cm³/mol. The second kappa shape index (κ2) is 7.97. The van der Waals surface area contributed by atoms with Crippen molar-refractivity contribution in [2.24, 2.45) is 0 Å². The Morgan fingerprint density at radius 3 is 2.75 bits per heavy atom. The zero-order valence-corrected chi connectivity index (χ0v) is 14.1. The average Bonchev–Trinajstić information content (AvgIpc) is 2.82. The third-order valence-electron chi connectivity index (χ3n) is 3.55. The largest absolute Gasteiger partial charge is 0.490 e. The maximum atomic E-state index is 12.0. The molecule has 0 atom stereocenters. The SMILES string of the molecule is Nc1ccccc1NC(=O)CCSc1ccc2c(c1)OCCCO2. The number of hydrogen-bond donors (Lipinski definition) is 2. The number of amides is 1. The Hall–Kier alpha value is -2.34. The molecule has 24 heavy (non-hydrogen) atoms. The van der Waals surface area contributed by atoms with Crippen LogP contribution in [0.15, 0.2) is 47.4 Å². The molecule has 0 radical (unpaired) electrons. The van der Waals surface area contributed by atoms with Crippen molar-refractivity contribution < 1.29 is 14.3 Å². The Bertz CT molecular complexity index is 721. The van der Waals surface area contributed by atoms with E-state index in [0.29, 0.717) is 36.8 Å². The minimum absolute atomic E-state index is 0.0465. The zero-order chi connectivity index (χ0) is 16.8. The molecule has 0 bridgehead atoms. The molecule has 1 amide bonds. The molecule has 3 N–H and O–H groups in total. The van der Waals surface area contributed by atoms with Crippen LogP contribution in [0.1, 0.15) is 12.8 Å². The quantitative estimate of drug-likeness (QED) is 0.641. The minimum Gasteiger partial charge on any atom is -0.490 e. The van der Waals surface area contributed by atoms with E-state index in [1.165, 1.54) is 0 Å². The normalized spacial score (nSPS) is 13.2. The molecule has 0 aliphatic carbocycles. The summed E-state index contributed by atoms with van der Waals surface area (Å²) in [6.45, 7) is 1.35. The molecule has 126 valence electrons. The van der Waals surface area contributed by atoms with Gasteiger partial charge in [-0.15, -0.1) is 11.8 Å². The van der Waals surface area contributed by atoms with Gasteiger partial charge in [-0.3, -0.25) is 4.79 Å². The number of rotatable bonds is 5. The van der Waals surface area contributed by atoms with E-state index in [-0.39, 0.29) is 5.91 Å². The number of nitrogens with two attached hydrogens (primary N) is 1. The number of anilines is 2. The van der Waals surface area contributed by atoms with Crippen LogP contribution in [0.2, 0.25) is 0 Å². The molecule has 2 aromatic rings. The van der Waals surface area contributed by atoms with Crippen molar-refractivity contribution in [3.8, 4) is 11.5 Å². The summed E-state index contributed by atoms with van der Waals surface area (Å²) >= 11 is 1.62. The molecule has 5 nitrogen and oxygen atoms in total. The van der Waals surface area contributed by atoms with Crippen LogP contribution >= 0.6 is 11.8 Å². The van der Waals surface area contributed by atoms with Gasteiger partial charge in [0, 0.05) is 23.5 Å². The lowest BCUT2D eigenvalue weighted by molar-refractivity contribution is -0.115. The molecule has 0 saturated heterocycles. The highest BCUT2D eigenvalue weighted by Gasteiger charge is 2.11. The van der Waals surface area contributed by atoms with Crippen LogP contribution in [0.5, 0.6) is 11.5 Å². The molecule has 6 heteroatoms. The summed E-state index contributed by atoms with van der Waals surface area (Å²) in [4.78, 5) is 13.1. The number of carbonyl (C=O) groups excluding carboxylic acids is 1. The first-order chi connectivity index (χ1) is 11.7. The van der Waals surface area contributed by atoms with Crippen LogP contribution in [-0.2, 0) is 4.79 Å². The fourth-order valence-corrected chi connectivity index (χ4v) is 3.20. The number of para-hydroxylation sites is 2. The Balaban J connectivity index is 1.50. The second-order valence-corrected chi connectivity index (χ2v) is 6.56. The molecule has 0 unspecified atom stereocenters. The van der Waals surface area contributed by atoms with E-state index in [2.05, 4.69) is 5.32 Å². The Morgan fingerprint density at radius 1 is 1.12 bits per heavy atom. The van der Waals surface area contributed by atoms with E-state index in [9.17, 15) is 4.79 Å². The van der Waals surface area contributed by atoms with E-state index in [4.69, 9.17) is 15.2 Å². The number of nitrogen functional groups attached to an aromatic ring is 1. The van der Waals surface area contributed by atoms with Gasteiger partial charge < -0.3 is 20.5 Å². The Morgan fingerprint density at radius 2 is 1.92 bits per heavy atom. The van der Waals surface area contributed by atoms with Crippen molar-refractivity contribution in [1.82, 2.24) is 0 Å². The van der Waals surface area contributed by atoms with Crippen molar-refractivity contribution in [2.45, 2.75) is 17.7 Å².